The highest BCUT2D eigenvalue weighted by atomic mass is 35.5. The summed E-state index contributed by atoms with van der Waals surface area (Å²) in [6.07, 6.45) is 4.06. The molecule has 1 aromatic carbocycles. The molecule has 7 nitrogen and oxygen atoms in total. The van der Waals surface area contributed by atoms with Gasteiger partial charge in [0.15, 0.2) is 5.65 Å². The van der Waals surface area contributed by atoms with Gasteiger partial charge in [0.1, 0.15) is 5.56 Å². The van der Waals surface area contributed by atoms with Crippen LogP contribution in [0.15, 0.2) is 42.9 Å². The number of aromatic nitrogens is 3. The summed E-state index contributed by atoms with van der Waals surface area (Å²) in [6.45, 7) is 0. The Kier molecular flexibility index (Phi) is 3.48. The van der Waals surface area contributed by atoms with Gasteiger partial charge in [-0.25, -0.2) is 14.3 Å². The third kappa shape index (κ3) is 2.61. The maximum Gasteiger partial charge on any atom is 0.341 e. The lowest BCUT2D eigenvalue weighted by Gasteiger charge is -2.05. The van der Waals surface area contributed by atoms with Gasteiger partial charge >= 0.3 is 5.97 Å². The lowest BCUT2D eigenvalue weighted by molar-refractivity contribution is 0.0698. The molecular formula is C14H9ClN4O3. The van der Waals surface area contributed by atoms with Gasteiger partial charge in [-0.1, -0.05) is 11.6 Å². The summed E-state index contributed by atoms with van der Waals surface area (Å²) in [7, 11) is 0. The van der Waals surface area contributed by atoms with Crippen molar-refractivity contribution in [1.29, 1.82) is 0 Å². The topological polar surface area (TPSA) is 96.6 Å². The van der Waals surface area contributed by atoms with Crippen LogP contribution in [0.5, 0.6) is 0 Å². The van der Waals surface area contributed by atoms with Crippen LogP contribution in [0.2, 0.25) is 5.02 Å². The van der Waals surface area contributed by atoms with Gasteiger partial charge < -0.3 is 10.4 Å². The SMILES string of the molecule is O=C(Nc1cnc2c(C(=O)O)cnn2c1)c1ccc(Cl)cc1. The van der Waals surface area contributed by atoms with E-state index in [1.807, 2.05) is 0 Å². The summed E-state index contributed by atoms with van der Waals surface area (Å²) in [4.78, 5) is 27.1. The number of carboxylic acids is 1. The van der Waals surface area contributed by atoms with E-state index in [0.717, 1.165) is 0 Å². The number of hydrogen-bond acceptors (Lipinski definition) is 4. The molecule has 0 radical (unpaired) electrons. The molecule has 0 aliphatic carbocycles. The summed E-state index contributed by atoms with van der Waals surface area (Å²) in [5.74, 6) is -1.44. The highest BCUT2D eigenvalue weighted by Gasteiger charge is 2.13. The Morgan fingerprint density at radius 3 is 2.59 bits per heavy atom. The fourth-order valence-electron chi connectivity index (χ4n) is 1.89. The first kappa shape index (κ1) is 14.0. The number of halogens is 1. The number of carbonyl (C=O) groups excluding carboxylic acids is 1. The van der Waals surface area contributed by atoms with Gasteiger partial charge in [-0.3, -0.25) is 4.79 Å². The number of carbonyl (C=O) groups is 2. The number of aromatic carboxylic acids is 1. The van der Waals surface area contributed by atoms with Crippen molar-refractivity contribution in [3.8, 4) is 0 Å². The van der Waals surface area contributed by atoms with Gasteiger partial charge in [-0.05, 0) is 24.3 Å². The van der Waals surface area contributed by atoms with E-state index in [-0.39, 0.29) is 17.1 Å². The fourth-order valence-corrected chi connectivity index (χ4v) is 2.02. The molecule has 8 heteroatoms. The van der Waals surface area contributed by atoms with E-state index in [1.165, 1.54) is 23.1 Å². The average molecular weight is 317 g/mol. The summed E-state index contributed by atoms with van der Waals surface area (Å²) in [5, 5.41) is 16.1. The van der Waals surface area contributed by atoms with Gasteiger partial charge in [0.05, 0.1) is 24.3 Å². The fraction of sp³-hybridized carbons (Fsp3) is 0. The Hall–Kier alpha value is -2.93. The first-order valence-electron chi connectivity index (χ1n) is 6.18. The highest BCUT2D eigenvalue weighted by Crippen LogP contribution is 2.14. The van der Waals surface area contributed by atoms with Crippen molar-refractivity contribution in [2.24, 2.45) is 0 Å². The predicted octanol–water partition coefficient (Wildman–Crippen LogP) is 2.33. The van der Waals surface area contributed by atoms with Crippen molar-refractivity contribution in [2.75, 3.05) is 5.32 Å². The molecule has 110 valence electrons. The molecule has 0 aliphatic heterocycles. The minimum atomic E-state index is -1.11. The zero-order chi connectivity index (χ0) is 15.7. The van der Waals surface area contributed by atoms with Crippen molar-refractivity contribution in [3.63, 3.8) is 0 Å². The molecule has 0 spiro atoms. The van der Waals surface area contributed by atoms with Crippen LogP contribution >= 0.6 is 11.6 Å². The van der Waals surface area contributed by atoms with Crippen LogP contribution in [0.4, 0.5) is 5.69 Å². The normalized spacial score (nSPS) is 10.6. The first-order chi connectivity index (χ1) is 10.5. The zero-order valence-electron chi connectivity index (χ0n) is 11.0. The molecular weight excluding hydrogens is 308 g/mol. The number of nitrogens with zero attached hydrogens (tertiary/aromatic N) is 3. The van der Waals surface area contributed by atoms with E-state index < -0.39 is 5.97 Å². The summed E-state index contributed by atoms with van der Waals surface area (Å²) in [5.41, 5.74) is 1.04. The smallest absolute Gasteiger partial charge is 0.341 e. The molecule has 0 atom stereocenters. The Morgan fingerprint density at radius 1 is 1.18 bits per heavy atom. The van der Waals surface area contributed by atoms with Crippen molar-refractivity contribution in [2.45, 2.75) is 0 Å². The largest absolute Gasteiger partial charge is 0.477 e. The summed E-state index contributed by atoms with van der Waals surface area (Å²) < 4.78 is 1.29. The van der Waals surface area contributed by atoms with Crippen LogP contribution in [-0.4, -0.2) is 31.6 Å². The monoisotopic (exact) mass is 316 g/mol. The molecule has 2 N–H and O–H groups in total. The predicted molar refractivity (Wildman–Crippen MR) is 79.4 cm³/mol. The molecule has 0 saturated heterocycles. The van der Waals surface area contributed by atoms with E-state index >= 15 is 0 Å². The number of benzene rings is 1. The molecule has 0 fully saturated rings. The zero-order valence-corrected chi connectivity index (χ0v) is 11.8. The van der Waals surface area contributed by atoms with Crippen LogP contribution < -0.4 is 5.32 Å². The third-order valence-corrected chi connectivity index (χ3v) is 3.20. The molecule has 22 heavy (non-hydrogen) atoms. The van der Waals surface area contributed by atoms with Gasteiger partial charge in [0.25, 0.3) is 5.91 Å². The average Bonchev–Trinajstić information content (AvgIpc) is 2.91. The second-order valence-electron chi connectivity index (χ2n) is 4.44. The molecule has 3 rings (SSSR count). The standard InChI is InChI=1S/C14H9ClN4O3/c15-9-3-1-8(2-4-9)13(20)18-10-5-16-12-11(14(21)22)6-17-19(12)7-10/h1-7H,(H,18,20)(H,21,22). The highest BCUT2D eigenvalue weighted by molar-refractivity contribution is 6.30. The molecule has 2 aromatic heterocycles. The molecule has 0 saturated carbocycles. The Balaban J connectivity index is 1.86. The second-order valence-corrected chi connectivity index (χ2v) is 4.87. The van der Waals surface area contributed by atoms with Gasteiger partial charge in [-0.15, -0.1) is 0 Å². The first-order valence-corrected chi connectivity index (χ1v) is 6.56. The number of nitrogens with one attached hydrogen (secondary N) is 1. The number of anilines is 1. The molecule has 3 aromatic rings. The van der Waals surface area contributed by atoms with Gasteiger partial charge in [0.2, 0.25) is 0 Å². The molecule has 2 heterocycles. The summed E-state index contributed by atoms with van der Waals surface area (Å²) in [6, 6.07) is 6.43. The van der Waals surface area contributed by atoms with E-state index in [9.17, 15) is 9.59 Å². The number of carboxylic acid groups (broad SMARTS) is 1. The van der Waals surface area contributed by atoms with Crippen molar-refractivity contribution >= 4 is 34.8 Å². The number of hydrogen-bond donors (Lipinski definition) is 2. The molecule has 1 amide bonds. The minimum Gasteiger partial charge on any atom is -0.477 e. The molecule has 0 aliphatic rings. The van der Waals surface area contributed by atoms with E-state index in [2.05, 4.69) is 15.4 Å². The minimum absolute atomic E-state index is 0.00409. The van der Waals surface area contributed by atoms with Crippen LogP contribution in [0.3, 0.4) is 0 Å². The Bertz CT molecular complexity index is 873. The maximum atomic E-state index is 12.1. The van der Waals surface area contributed by atoms with Gasteiger partial charge in [-0.2, -0.15) is 5.10 Å². The second kappa shape index (κ2) is 5.45. The lowest BCUT2D eigenvalue weighted by atomic mass is 10.2. The van der Waals surface area contributed by atoms with Crippen LogP contribution in [0.25, 0.3) is 5.65 Å². The number of rotatable bonds is 3. The maximum absolute atomic E-state index is 12.1. The molecule has 0 unspecified atom stereocenters. The Morgan fingerprint density at radius 2 is 1.91 bits per heavy atom. The quantitative estimate of drug-likeness (QED) is 0.773. The van der Waals surface area contributed by atoms with Crippen molar-refractivity contribution in [1.82, 2.24) is 14.6 Å². The third-order valence-electron chi connectivity index (χ3n) is 2.95. The van der Waals surface area contributed by atoms with E-state index in [4.69, 9.17) is 16.7 Å². The van der Waals surface area contributed by atoms with E-state index in [0.29, 0.717) is 16.3 Å². The molecule has 0 bridgehead atoms. The van der Waals surface area contributed by atoms with Crippen LogP contribution in [-0.2, 0) is 0 Å². The Labute approximate surface area is 129 Å². The van der Waals surface area contributed by atoms with E-state index in [1.54, 1.807) is 24.3 Å². The summed E-state index contributed by atoms with van der Waals surface area (Å²) >= 11 is 5.77. The van der Waals surface area contributed by atoms with Crippen molar-refractivity contribution in [3.05, 3.63) is 59.0 Å². The van der Waals surface area contributed by atoms with Gasteiger partial charge in [0, 0.05) is 10.6 Å². The van der Waals surface area contributed by atoms with Crippen molar-refractivity contribution < 1.29 is 14.7 Å². The van der Waals surface area contributed by atoms with Crippen LogP contribution in [0, 0.1) is 0 Å². The number of fused-ring (bicyclic) bond motifs is 1. The lowest BCUT2D eigenvalue weighted by Crippen LogP contribution is -2.12. The van der Waals surface area contributed by atoms with Crippen LogP contribution in [0.1, 0.15) is 20.7 Å². The number of amides is 1.